The second-order valence-electron chi connectivity index (χ2n) is 3.21. The van der Waals surface area contributed by atoms with Crippen molar-refractivity contribution in [2.75, 3.05) is 33.4 Å². The van der Waals surface area contributed by atoms with Gasteiger partial charge in [-0.2, -0.15) is 0 Å². The van der Waals surface area contributed by atoms with Crippen molar-refractivity contribution >= 4 is 6.03 Å². The molecule has 1 N–H and O–H groups in total. The first-order valence-electron chi connectivity index (χ1n) is 5.29. The summed E-state index contributed by atoms with van der Waals surface area (Å²) in [5, 5.41) is 2.82. The van der Waals surface area contributed by atoms with Crippen LogP contribution in [0.4, 0.5) is 4.79 Å². The van der Waals surface area contributed by atoms with Crippen LogP contribution in [-0.2, 0) is 4.74 Å². The molecule has 4 nitrogen and oxygen atoms in total. The van der Waals surface area contributed by atoms with Crippen molar-refractivity contribution in [1.29, 1.82) is 0 Å². The molecule has 0 fully saturated rings. The Morgan fingerprint density at radius 3 is 2.64 bits per heavy atom. The number of nitrogens with zero attached hydrogens (tertiary/aromatic N) is 1. The molecule has 0 aliphatic carbocycles. The number of hydrogen-bond acceptors (Lipinski definition) is 2. The predicted octanol–water partition coefficient (Wildman–Crippen LogP) is 1.46. The molecule has 0 radical (unpaired) electrons. The molecule has 0 saturated carbocycles. The smallest absolute Gasteiger partial charge is 0.317 e. The van der Waals surface area contributed by atoms with Gasteiger partial charge >= 0.3 is 6.03 Å². The highest BCUT2D eigenvalue weighted by atomic mass is 16.5. The van der Waals surface area contributed by atoms with Crippen molar-refractivity contribution in [1.82, 2.24) is 10.2 Å². The second kappa shape index (κ2) is 8.81. The van der Waals surface area contributed by atoms with Gasteiger partial charge in [0.25, 0.3) is 0 Å². The summed E-state index contributed by atoms with van der Waals surface area (Å²) in [4.78, 5) is 12.9. The van der Waals surface area contributed by atoms with Crippen LogP contribution in [0.1, 0.15) is 26.7 Å². The van der Waals surface area contributed by atoms with Crippen LogP contribution in [0.15, 0.2) is 0 Å². The minimum Gasteiger partial charge on any atom is -0.381 e. The molecule has 0 aromatic rings. The summed E-state index contributed by atoms with van der Waals surface area (Å²) in [5.41, 5.74) is 0. The van der Waals surface area contributed by atoms with Crippen LogP contribution in [0.25, 0.3) is 0 Å². The molecule has 2 amide bonds. The molecule has 0 aliphatic rings. The van der Waals surface area contributed by atoms with Gasteiger partial charge in [0.15, 0.2) is 0 Å². The Kier molecular flexibility index (Phi) is 8.33. The molecule has 0 bridgehead atoms. The van der Waals surface area contributed by atoms with Gasteiger partial charge < -0.3 is 15.0 Å². The van der Waals surface area contributed by atoms with Crippen molar-refractivity contribution in [3.05, 3.63) is 0 Å². The molecular weight excluding hydrogens is 180 g/mol. The van der Waals surface area contributed by atoms with Crippen molar-refractivity contribution in [2.24, 2.45) is 0 Å². The van der Waals surface area contributed by atoms with Gasteiger partial charge in [0.05, 0.1) is 0 Å². The lowest BCUT2D eigenvalue weighted by atomic mass is 10.4. The average Bonchev–Trinajstić information content (AvgIpc) is 2.21. The van der Waals surface area contributed by atoms with Crippen molar-refractivity contribution < 1.29 is 9.53 Å². The molecule has 0 spiro atoms. The topological polar surface area (TPSA) is 41.6 Å². The van der Waals surface area contributed by atoms with E-state index in [0.29, 0.717) is 6.54 Å². The van der Waals surface area contributed by atoms with Crippen LogP contribution in [0.5, 0.6) is 0 Å². The number of carbonyl (C=O) groups is 1. The standard InChI is InChI=1S/C10H22N2O2/c1-4-8-14-9-6-7-11-10(13)12(3)5-2/h4-9H2,1-3H3,(H,11,13). The molecule has 0 atom stereocenters. The van der Waals surface area contributed by atoms with Gasteiger partial charge in [0, 0.05) is 33.4 Å². The maximum absolute atomic E-state index is 11.2. The molecule has 4 heteroatoms. The summed E-state index contributed by atoms with van der Waals surface area (Å²) in [6.45, 7) is 6.99. The van der Waals surface area contributed by atoms with E-state index in [1.54, 1.807) is 11.9 Å². The van der Waals surface area contributed by atoms with E-state index in [1.165, 1.54) is 0 Å². The lowest BCUT2D eigenvalue weighted by Gasteiger charge is -2.15. The van der Waals surface area contributed by atoms with E-state index in [2.05, 4.69) is 12.2 Å². The molecule has 0 aliphatic heterocycles. The molecule has 0 unspecified atom stereocenters. The summed E-state index contributed by atoms with van der Waals surface area (Å²) < 4.78 is 5.29. The number of nitrogens with one attached hydrogen (secondary N) is 1. The molecule has 0 heterocycles. The average molecular weight is 202 g/mol. The Labute approximate surface area is 86.6 Å². The van der Waals surface area contributed by atoms with E-state index < -0.39 is 0 Å². The van der Waals surface area contributed by atoms with Gasteiger partial charge in [-0.05, 0) is 19.8 Å². The Hall–Kier alpha value is -0.770. The zero-order valence-electron chi connectivity index (χ0n) is 9.51. The zero-order chi connectivity index (χ0) is 10.8. The summed E-state index contributed by atoms with van der Waals surface area (Å²) in [6.07, 6.45) is 1.92. The highest BCUT2D eigenvalue weighted by Crippen LogP contribution is 1.86. The summed E-state index contributed by atoms with van der Waals surface area (Å²) >= 11 is 0. The molecule has 0 aromatic heterocycles. The number of rotatable bonds is 7. The molecular formula is C10H22N2O2. The fraction of sp³-hybridized carbons (Fsp3) is 0.900. The summed E-state index contributed by atoms with van der Waals surface area (Å²) in [6, 6.07) is -0.0111. The van der Waals surface area contributed by atoms with Gasteiger partial charge in [-0.1, -0.05) is 6.92 Å². The van der Waals surface area contributed by atoms with Gasteiger partial charge in [-0.25, -0.2) is 4.79 Å². The van der Waals surface area contributed by atoms with Crippen LogP contribution in [-0.4, -0.2) is 44.3 Å². The third-order valence-corrected chi connectivity index (χ3v) is 1.91. The van der Waals surface area contributed by atoms with Gasteiger partial charge in [-0.15, -0.1) is 0 Å². The summed E-state index contributed by atoms with van der Waals surface area (Å²) in [5.74, 6) is 0. The third-order valence-electron chi connectivity index (χ3n) is 1.91. The highest BCUT2D eigenvalue weighted by Gasteiger charge is 2.03. The fourth-order valence-electron chi connectivity index (χ4n) is 0.895. The number of hydrogen-bond donors (Lipinski definition) is 1. The monoisotopic (exact) mass is 202 g/mol. The Balaban J connectivity index is 3.23. The normalized spacial score (nSPS) is 9.93. The first-order chi connectivity index (χ1) is 6.72. The van der Waals surface area contributed by atoms with E-state index in [-0.39, 0.29) is 6.03 Å². The first-order valence-corrected chi connectivity index (χ1v) is 5.29. The minimum atomic E-state index is -0.0111. The third kappa shape index (κ3) is 6.71. The Morgan fingerprint density at radius 1 is 1.36 bits per heavy atom. The lowest BCUT2D eigenvalue weighted by Crippen LogP contribution is -2.37. The molecule has 14 heavy (non-hydrogen) atoms. The highest BCUT2D eigenvalue weighted by molar-refractivity contribution is 5.73. The minimum absolute atomic E-state index is 0.0111. The van der Waals surface area contributed by atoms with Crippen molar-refractivity contribution in [3.8, 4) is 0 Å². The number of ether oxygens (including phenoxy) is 1. The van der Waals surface area contributed by atoms with Gasteiger partial charge in [0.1, 0.15) is 0 Å². The number of urea groups is 1. The second-order valence-corrected chi connectivity index (χ2v) is 3.21. The van der Waals surface area contributed by atoms with Crippen LogP contribution in [0.2, 0.25) is 0 Å². The van der Waals surface area contributed by atoms with E-state index >= 15 is 0 Å². The maximum atomic E-state index is 11.2. The quantitative estimate of drug-likeness (QED) is 0.635. The van der Waals surface area contributed by atoms with Crippen LogP contribution < -0.4 is 5.32 Å². The van der Waals surface area contributed by atoms with Crippen molar-refractivity contribution in [2.45, 2.75) is 26.7 Å². The van der Waals surface area contributed by atoms with Crippen LogP contribution in [0, 0.1) is 0 Å². The van der Waals surface area contributed by atoms with Crippen molar-refractivity contribution in [3.63, 3.8) is 0 Å². The number of carbonyl (C=O) groups excluding carboxylic acids is 1. The Bertz CT molecular complexity index is 151. The molecule has 84 valence electrons. The van der Waals surface area contributed by atoms with Crippen LogP contribution >= 0.6 is 0 Å². The summed E-state index contributed by atoms with van der Waals surface area (Å²) in [7, 11) is 1.78. The SMILES string of the molecule is CCCOCCCNC(=O)N(C)CC. The van der Waals surface area contributed by atoms with E-state index in [1.807, 2.05) is 6.92 Å². The predicted molar refractivity (Wildman–Crippen MR) is 57.4 cm³/mol. The van der Waals surface area contributed by atoms with E-state index in [9.17, 15) is 4.79 Å². The van der Waals surface area contributed by atoms with Gasteiger partial charge in [0.2, 0.25) is 0 Å². The number of amides is 2. The zero-order valence-corrected chi connectivity index (χ0v) is 9.51. The van der Waals surface area contributed by atoms with Crippen LogP contribution in [0.3, 0.4) is 0 Å². The molecule has 0 saturated heterocycles. The van der Waals surface area contributed by atoms with E-state index in [0.717, 1.165) is 32.6 Å². The Morgan fingerprint density at radius 2 is 2.07 bits per heavy atom. The van der Waals surface area contributed by atoms with Gasteiger partial charge in [-0.3, -0.25) is 0 Å². The first kappa shape index (κ1) is 13.2. The maximum Gasteiger partial charge on any atom is 0.317 e. The fourth-order valence-corrected chi connectivity index (χ4v) is 0.895. The van der Waals surface area contributed by atoms with E-state index in [4.69, 9.17) is 4.74 Å². The molecule has 0 aromatic carbocycles. The lowest BCUT2D eigenvalue weighted by molar-refractivity contribution is 0.132. The largest absolute Gasteiger partial charge is 0.381 e. The molecule has 0 rings (SSSR count).